The van der Waals surface area contributed by atoms with Crippen molar-refractivity contribution >= 4 is 5.97 Å². The van der Waals surface area contributed by atoms with Crippen LogP contribution in [0.15, 0.2) is 0 Å². The second-order valence-corrected chi connectivity index (χ2v) is 2.32. The highest BCUT2D eigenvalue weighted by Gasteiger charge is 2.11. The minimum absolute atomic E-state index is 0.390. The van der Waals surface area contributed by atoms with Gasteiger partial charge in [0.2, 0.25) is 0 Å². The zero-order valence-electron chi connectivity index (χ0n) is 5.22. The number of hydrogen-bond donors (Lipinski definition) is 1. The molecule has 0 aromatic heterocycles. The van der Waals surface area contributed by atoms with Crippen LogP contribution in [-0.2, 0) is 4.79 Å². The molecule has 0 aromatic carbocycles. The first-order valence-electron chi connectivity index (χ1n) is 3.25. The summed E-state index contributed by atoms with van der Waals surface area (Å²) in [4.78, 5) is 10.2. The van der Waals surface area contributed by atoms with Gasteiger partial charge in [-0.2, -0.15) is 0 Å². The number of carbonyl (C=O) groups is 1. The average Bonchev–Trinajstić information content (AvgIpc) is 1.90. The molecule has 1 saturated heterocycles. The molecule has 1 aliphatic heterocycles. The molecule has 3 heteroatoms. The predicted molar refractivity (Wildman–Crippen MR) is 30.6 cm³/mol. The Hall–Kier alpha value is -0.570. The van der Waals surface area contributed by atoms with Crippen LogP contribution in [0.1, 0.15) is 19.3 Å². The highest BCUT2D eigenvalue weighted by atomic mass is 16.4. The lowest BCUT2D eigenvalue weighted by Gasteiger charge is -2.23. The fraction of sp³-hybridized carbons (Fsp3) is 0.833. The molecular formula is C6H10NO2-. The first-order valence-corrected chi connectivity index (χ1v) is 3.25. The van der Waals surface area contributed by atoms with Crippen LogP contribution in [0.3, 0.4) is 0 Å². The van der Waals surface area contributed by atoms with Gasteiger partial charge >= 0.3 is 0 Å². The number of carboxylic acid groups (broad SMARTS) is 1. The van der Waals surface area contributed by atoms with Gasteiger partial charge in [-0.05, 0) is 19.4 Å². The number of aliphatic carboxylic acids is 1. The molecule has 1 aliphatic rings. The molecule has 1 rings (SSSR count). The van der Waals surface area contributed by atoms with Gasteiger partial charge in [0, 0.05) is 6.04 Å². The summed E-state index contributed by atoms with van der Waals surface area (Å²) < 4.78 is 0. The first-order chi connectivity index (χ1) is 4.30. The summed E-state index contributed by atoms with van der Waals surface area (Å²) in [5.74, 6) is -0.963. The molecule has 1 heterocycles. The summed E-state index contributed by atoms with van der Waals surface area (Å²) in [5, 5.41) is 13.0. The monoisotopic (exact) mass is 128 g/mol. The lowest BCUT2D eigenvalue weighted by Crippen LogP contribution is -2.47. The van der Waals surface area contributed by atoms with E-state index in [4.69, 9.17) is 0 Å². The summed E-state index contributed by atoms with van der Waals surface area (Å²) in [6.45, 7) is 0.818. The number of rotatable bonds is 1. The van der Waals surface area contributed by atoms with Crippen molar-refractivity contribution in [1.29, 1.82) is 0 Å². The van der Waals surface area contributed by atoms with E-state index in [0.29, 0.717) is 0 Å². The topological polar surface area (TPSA) is 52.2 Å². The maximum Gasteiger partial charge on any atom is 0.0584 e. The Balaban J connectivity index is 2.31. The largest absolute Gasteiger partial charge is 0.548 e. The Kier molecular flexibility index (Phi) is 2.05. The van der Waals surface area contributed by atoms with Crippen LogP contribution in [0.25, 0.3) is 0 Å². The Labute approximate surface area is 54.1 Å². The van der Waals surface area contributed by atoms with Crippen molar-refractivity contribution in [2.45, 2.75) is 25.3 Å². The van der Waals surface area contributed by atoms with Gasteiger partial charge in [-0.3, -0.25) is 0 Å². The second kappa shape index (κ2) is 2.82. The van der Waals surface area contributed by atoms with Gasteiger partial charge in [0.25, 0.3) is 0 Å². The molecule has 0 aromatic rings. The normalized spacial score (nSPS) is 27.8. The fourth-order valence-corrected chi connectivity index (χ4v) is 1.05. The number of carboxylic acids is 1. The lowest BCUT2D eigenvalue weighted by atomic mass is 10.1. The van der Waals surface area contributed by atoms with Crippen molar-refractivity contribution in [3.63, 3.8) is 0 Å². The lowest BCUT2D eigenvalue weighted by molar-refractivity contribution is -0.308. The maximum absolute atomic E-state index is 10.2. The second-order valence-electron chi connectivity index (χ2n) is 2.32. The highest BCUT2D eigenvalue weighted by Crippen LogP contribution is 2.05. The molecule has 3 nitrogen and oxygen atoms in total. The van der Waals surface area contributed by atoms with E-state index < -0.39 is 12.0 Å². The smallest absolute Gasteiger partial charge is 0.0584 e. The van der Waals surface area contributed by atoms with Gasteiger partial charge in [-0.1, -0.05) is 6.42 Å². The standard InChI is InChI=1S/C6H11NO2/c8-6(9)5-3-1-2-4-7-5/h5,7H,1-4H2,(H,8,9)/p-1. The van der Waals surface area contributed by atoms with E-state index in [-0.39, 0.29) is 0 Å². The summed E-state index contributed by atoms with van der Waals surface area (Å²) in [6, 6.07) is -0.390. The van der Waals surface area contributed by atoms with Crippen LogP contribution in [0.5, 0.6) is 0 Å². The van der Waals surface area contributed by atoms with Crippen LogP contribution in [0.2, 0.25) is 0 Å². The van der Waals surface area contributed by atoms with E-state index in [1.54, 1.807) is 0 Å². The van der Waals surface area contributed by atoms with Crippen molar-refractivity contribution in [3.8, 4) is 0 Å². The predicted octanol–water partition coefficient (Wildman–Crippen LogP) is -1.12. The van der Waals surface area contributed by atoms with E-state index >= 15 is 0 Å². The fourth-order valence-electron chi connectivity index (χ4n) is 1.05. The minimum atomic E-state index is -0.963. The van der Waals surface area contributed by atoms with E-state index in [1.165, 1.54) is 0 Å². The quantitative estimate of drug-likeness (QED) is 0.486. The molecule has 1 N–H and O–H groups in total. The van der Waals surface area contributed by atoms with Crippen LogP contribution >= 0.6 is 0 Å². The molecule has 0 amide bonds. The summed E-state index contributed by atoms with van der Waals surface area (Å²) in [7, 11) is 0. The molecule has 9 heavy (non-hydrogen) atoms. The van der Waals surface area contributed by atoms with Crippen LogP contribution < -0.4 is 10.4 Å². The van der Waals surface area contributed by atoms with Gasteiger partial charge < -0.3 is 15.2 Å². The van der Waals surface area contributed by atoms with Crippen LogP contribution in [0, 0.1) is 0 Å². The molecule has 52 valence electrons. The van der Waals surface area contributed by atoms with Crippen molar-refractivity contribution in [2.75, 3.05) is 6.54 Å². The Morgan fingerprint density at radius 2 is 2.33 bits per heavy atom. The van der Waals surface area contributed by atoms with Crippen LogP contribution in [-0.4, -0.2) is 18.6 Å². The van der Waals surface area contributed by atoms with E-state index in [2.05, 4.69) is 5.32 Å². The molecule has 0 saturated carbocycles. The Morgan fingerprint density at radius 3 is 2.67 bits per heavy atom. The third-order valence-electron chi connectivity index (χ3n) is 1.59. The van der Waals surface area contributed by atoms with Crippen molar-refractivity contribution < 1.29 is 9.90 Å². The summed E-state index contributed by atoms with van der Waals surface area (Å²) in [5.41, 5.74) is 0. The molecule has 0 bridgehead atoms. The Morgan fingerprint density at radius 1 is 1.56 bits per heavy atom. The molecule has 1 unspecified atom stereocenters. The summed E-state index contributed by atoms with van der Waals surface area (Å²) in [6.07, 6.45) is 2.82. The Bertz CT molecular complexity index is 108. The van der Waals surface area contributed by atoms with E-state index in [0.717, 1.165) is 25.8 Å². The zero-order chi connectivity index (χ0) is 6.69. The third kappa shape index (κ3) is 1.68. The van der Waals surface area contributed by atoms with Crippen LogP contribution in [0.4, 0.5) is 0 Å². The first kappa shape index (κ1) is 6.55. The molecule has 1 fully saturated rings. The third-order valence-corrected chi connectivity index (χ3v) is 1.59. The zero-order valence-corrected chi connectivity index (χ0v) is 5.22. The van der Waals surface area contributed by atoms with Crippen molar-refractivity contribution in [1.82, 2.24) is 5.32 Å². The van der Waals surface area contributed by atoms with Crippen molar-refractivity contribution in [3.05, 3.63) is 0 Å². The number of nitrogens with one attached hydrogen (secondary N) is 1. The average molecular weight is 128 g/mol. The SMILES string of the molecule is O=C([O-])C1CCCCN1. The maximum atomic E-state index is 10.2. The molecule has 0 aliphatic carbocycles. The molecule has 1 atom stereocenters. The van der Waals surface area contributed by atoms with Gasteiger partial charge in [-0.15, -0.1) is 0 Å². The summed E-state index contributed by atoms with van der Waals surface area (Å²) >= 11 is 0. The number of piperidine rings is 1. The molecular weight excluding hydrogens is 118 g/mol. The van der Waals surface area contributed by atoms with Gasteiger partial charge in [0.05, 0.1) is 5.97 Å². The van der Waals surface area contributed by atoms with Crippen molar-refractivity contribution in [2.24, 2.45) is 0 Å². The van der Waals surface area contributed by atoms with Gasteiger partial charge in [0.1, 0.15) is 0 Å². The molecule has 0 spiro atoms. The van der Waals surface area contributed by atoms with E-state index in [1.807, 2.05) is 0 Å². The van der Waals surface area contributed by atoms with E-state index in [9.17, 15) is 9.90 Å². The number of carbonyl (C=O) groups excluding carboxylic acids is 1. The van der Waals surface area contributed by atoms with Gasteiger partial charge in [0.15, 0.2) is 0 Å². The minimum Gasteiger partial charge on any atom is -0.548 e. The number of hydrogen-bond acceptors (Lipinski definition) is 3. The highest BCUT2D eigenvalue weighted by molar-refractivity contribution is 5.71. The van der Waals surface area contributed by atoms with Gasteiger partial charge in [-0.25, -0.2) is 0 Å². The molecule has 0 radical (unpaired) electrons.